The van der Waals surface area contributed by atoms with E-state index in [1.54, 1.807) is 22.1 Å². The van der Waals surface area contributed by atoms with Crippen LogP contribution in [0.2, 0.25) is 0 Å². The quantitative estimate of drug-likeness (QED) is 0.771. The van der Waals surface area contributed by atoms with E-state index in [1.165, 1.54) is 43.9 Å². The number of unbranched alkanes of at least 4 members (excludes halogenated alkanes) is 2. The Balaban J connectivity index is 1.78. The summed E-state index contributed by atoms with van der Waals surface area (Å²) in [7, 11) is 2.03. The fourth-order valence-corrected chi connectivity index (χ4v) is 3.32. The predicted molar refractivity (Wildman–Crippen MR) is 82.8 cm³/mol. The van der Waals surface area contributed by atoms with Crippen LogP contribution in [0.25, 0.3) is 10.8 Å². The third-order valence-electron chi connectivity index (χ3n) is 4.34. The van der Waals surface area contributed by atoms with Gasteiger partial charge in [0.15, 0.2) is 0 Å². The lowest BCUT2D eigenvalue weighted by Crippen LogP contribution is -2.07. The SMILES string of the molecule is CNCCCCCc1ccc2c3c(cccc13)CC2. The molecule has 0 unspecified atom stereocenters. The molecule has 0 atom stereocenters. The van der Waals surface area contributed by atoms with Crippen molar-refractivity contribution < 1.29 is 0 Å². The number of hydrogen-bond donors (Lipinski definition) is 1. The molecular weight excluding hydrogens is 230 g/mol. The third kappa shape index (κ3) is 2.52. The Hall–Kier alpha value is -1.34. The van der Waals surface area contributed by atoms with Gasteiger partial charge in [-0.1, -0.05) is 36.8 Å². The zero-order valence-electron chi connectivity index (χ0n) is 11.8. The second kappa shape index (κ2) is 5.75. The van der Waals surface area contributed by atoms with E-state index in [4.69, 9.17) is 0 Å². The summed E-state index contributed by atoms with van der Waals surface area (Å²) in [6.07, 6.45) is 7.61. The molecule has 1 aliphatic carbocycles. The molecule has 0 bridgehead atoms. The van der Waals surface area contributed by atoms with E-state index in [9.17, 15) is 0 Å². The lowest BCUT2D eigenvalue weighted by molar-refractivity contribution is 0.643. The van der Waals surface area contributed by atoms with E-state index in [0.717, 1.165) is 6.54 Å². The standard InChI is InChI=1S/C18H23N/c1-19-13-4-2-3-6-14-9-10-16-12-11-15-7-5-8-17(14)18(15)16/h5,7-10,19H,2-4,6,11-13H2,1H3. The first-order valence-electron chi connectivity index (χ1n) is 7.57. The number of aryl methyl sites for hydroxylation is 3. The molecule has 0 heterocycles. The molecule has 0 saturated heterocycles. The summed E-state index contributed by atoms with van der Waals surface area (Å²) in [4.78, 5) is 0. The van der Waals surface area contributed by atoms with Crippen LogP contribution in [0.3, 0.4) is 0 Å². The van der Waals surface area contributed by atoms with E-state index in [-0.39, 0.29) is 0 Å². The summed E-state index contributed by atoms with van der Waals surface area (Å²) in [6, 6.07) is 11.6. The summed E-state index contributed by atoms with van der Waals surface area (Å²) in [5.74, 6) is 0. The highest BCUT2D eigenvalue weighted by atomic mass is 14.8. The highest BCUT2D eigenvalue weighted by Crippen LogP contribution is 2.33. The topological polar surface area (TPSA) is 12.0 Å². The molecule has 2 aromatic rings. The summed E-state index contributed by atoms with van der Waals surface area (Å²) < 4.78 is 0. The van der Waals surface area contributed by atoms with Crippen LogP contribution >= 0.6 is 0 Å². The van der Waals surface area contributed by atoms with Gasteiger partial charge < -0.3 is 5.32 Å². The molecule has 0 fully saturated rings. The minimum atomic E-state index is 1.14. The van der Waals surface area contributed by atoms with Crippen molar-refractivity contribution in [2.75, 3.05) is 13.6 Å². The Bertz CT molecular complexity index is 561. The van der Waals surface area contributed by atoms with Crippen molar-refractivity contribution in [3.8, 4) is 0 Å². The number of nitrogens with one attached hydrogen (secondary N) is 1. The molecule has 0 aliphatic heterocycles. The highest BCUT2D eigenvalue weighted by Gasteiger charge is 2.15. The second-order valence-corrected chi connectivity index (χ2v) is 5.64. The van der Waals surface area contributed by atoms with E-state index in [0.29, 0.717) is 0 Å². The number of hydrogen-bond acceptors (Lipinski definition) is 1. The molecule has 1 aliphatic rings. The van der Waals surface area contributed by atoms with E-state index in [2.05, 4.69) is 35.6 Å². The van der Waals surface area contributed by atoms with Crippen LogP contribution in [0.15, 0.2) is 30.3 Å². The molecule has 1 N–H and O–H groups in total. The molecule has 3 rings (SSSR count). The van der Waals surface area contributed by atoms with Crippen LogP contribution in [0.1, 0.15) is 36.0 Å². The first-order chi connectivity index (χ1) is 9.40. The molecule has 100 valence electrons. The Morgan fingerprint density at radius 3 is 2.63 bits per heavy atom. The van der Waals surface area contributed by atoms with Gasteiger partial charge in [-0.2, -0.15) is 0 Å². The minimum absolute atomic E-state index is 1.14. The predicted octanol–water partition coefficient (Wildman–Crippen LogP) is 3.87. The van der Waals surface area contributed by atoms with Gasteiger partial charge in [0.25, 0.3) is 0 Å². The van der Waals surface area contributed by atoms with Gasteiger partial charge in [-0.15, -0.1) is 0 Å². The Kier molecular flexibility index (Phi) is 3.84. The second-order valence-electron chi connectivity index (χ2n) is 5.64. The molecule has 0 amide bonds. The Morgan fingerprint density at radius 1 is 0.947 bits per heavy atom. The number of rotatable bonds is 6. The van der Waals surface area contributed by atoms with Crippen molar-refractivity contribution in [1.29, 1.82) is 0 Å². The fraction of sp³-hybridized carbons (Fsp3) is 0.444. The van der Waals surface area contributed by atoms with Gasteiger partial charge in [-0.25, -0.2) is 0 Å². The first kappa shape index (κ1) is 12.7. The zero-order chi connectivity index (χ0) is 13.1. The lowest BCUT2D eigenvalue weighted by Gasteiger charge is -2.09. The van der Waals surface area contributed by atoms with Crippen LogP contribution in [0.5, 0.6) is 0 Å². The summed E-state index contributed by atoms with van der Waals surface area (Å²) in [5, 5.41) is 6.30. The van der Waals surface area contributed by atoms with E-state index < -0.39 is 0 Å². The van der Waals surface area contributed by atoms with E-state index >= 15 is 0 Å². The first-order valence-corrected chi connectivity index (χ1v) is 7.57. The smallest absolute Gasteiger partial charge is 0.00519 e. The monoisotopic (exact) mass is 253 g/mol. The van der Waals surface area contributed by atoms with Gasteiger partial charge in [0.1, 0.15) is 0 Å². The molecule has 1 heteroatoms. The lowest BCUT2D eigenvalue weighted by atomic mass is 9.96. The minimum Gasteiger partial charge on any atom is -0.320 e. The van der Waals surface area contributed by atoms with Gasteiger partial charge in [-0.3, -0.25) is 0 Å². The maximum atomic E-state index is 3.22. The summed E-state index contributed by atoms with van der Waals surface area (Å²) in [6.45, 7) is 1.14. The average Bonchev–Trinajstić information content (AvgIpc) is 2.86. The van der Waals surface area contributed by atoms with Crippen molar-refractivity contribution >= 4 is 10.8 Å². The van der Waals surface area contributed by atoms with Crippen molar-refractivity contribution in [2.24, 2.45) is 0 Å². The molecule has 19 heavy (non-hydrogen) atoms. The fourth-order valence-electron chi connectivity index (χ4n) is 3.32. The van der Waals surface area contributed by atoms with Crippen LogP contribution < -0.4 is 5.32 Å². The van der Waals surface area contributed by atoms with Gasteiger partial charge in [-0.05, 0) is 73.2 Å². The zero-order valence-corrected chi connectivity index (χ0v) is 11.8. The molecule has 0 saturated carbocycles. The summed E-state index contributed by atoms with van der Waals surface area (Å²) in [5.41, 5.74) is 4.67. The Labute approximate surface area is 116 Å². The van der Waals surface area contributed by atoms with Crippen LogP contribution in [0.4, 0.5) is 0 Å². The maximum Gasteiger partial charge on any atom is -0.00519 e. The van der Waals surface area contributed by atoms with Crippen LogP contribution in [0, 0.1) is 0 Å². The molecule has 0 aromatic heterocycles. The molecular formula is C18H23N. The molecule has 0 radical (unpaired) electrons. The molecule has 2 aromatic carbocycles. The van der Waals surface area contributed by atoms with Gasteiger partial charge in [0.05, 0.1) is 0 Å². The van der Waals surface area contributed by atoms with Crippen molar-refractivity contribution in [1.82, 2.24) is 5.32 Å². The van der Waals surface area contributed by atoms with Gasteiger partial charge in [0, 0.05) is 0 Å². The average molecular weight is 253 g/mol. The van der Waals surface area contributed by atoms with E-state index in [1.807, 2.05) is 7.05 Å². The third-order valence-corrected chi connectivity index (χ3v) is 4.34. The highest BCUT2D eigenvalue weighted by molar-refractivity contribution is 5.93. The molecule has 1 nitrogen and oxygen atoms in total. The van der Waals surface area contributed by atoms with Gasteiger partial charge in [0.2, 0.25) is 0 Å². The largest absolute Gasteiger partial charge is 0.320 e. The van der Waals surface area contributed by atoms with Crippen molar-refractivity contribution in [3.63, 3.8) is 0 Å². The van der Waals surface area contributed by atoms with Gasteiger partial charge >= 0.3 is 0 Å². The van der Waals surface area contributed by atoms with Crippen LogP contribution in [-0.4, -0.2) is 13.6 Å². The normalized spacial score (nSPS) is 13.3. The van der Waals surface area contributed by atoms with Crippen molar-refractivity contribution in [3.05, 3.63) is 47.0 Å². The Morgan fingerprint density at radius 2 is 1.79 bits per heavy atom. The summed E-state index contributed by atoms with van der Waals surface area (Å²) >= 11 is 0. The maximum absolute atomic E-state index is 3.22. The molecule has 0 spiro atoms. The number of benzene rings is 2. The van der Waals surface area contributed by atoms with Crippen molar-refractivity contribution in [2.45, 2.75) is 38.5 Å². The van der Waals surface area contributed by atoms with Crippen LogP contribution in [-0.2, 0) is 19.3 Å².